The van der Waals surface area contributed by atoms with Crippen LogP contribution in [0.3, 0.4) is 0 Å². The lowest BCUT2D eigenvalue weighted by Crippen LogP contribution is -1.81. The van der Waals surface area contributed by atoms with E-state index < -0.39 is 0 Å². The van der Waals surface area contributed by atoms with Crippen molar-refractivity contribution in [3.8, 4) is 0 Å². The van der Waals surface area contributed by atoms with Gasteiger partial charge in [0.1, 0.15) is 0 Å². The molecule has 0 aliphatic heterocycles. The van der Waals surface area contributed by atoms with Gasteiger partial charge in [0, 0.05) is 17.7 Å². The summed E-state index contributed by atoms with van der Waals surface area (Å²) in [5, 5.41) is 2.16. The van der Waals surface area contributed by atoms with Crippen molar-refractivity contribution in [2.24, 2.45) is 0 Å². The summed E-state index contributed by atoms with van der Waals surface area (Å²) in [7, 11) is 0. The molecule has 2 aromatic carbocycles. The SMILES string of the molecule is C(=[S+]c1ccccc1)c1ccccc1. The zero-order valence-corrected chi connectivity index (χ0v) is 8.58. The van der Waals surface area contributed by atoms with Crippen molar-refractivity contribution in [2.75, 3.05) is 0 Å². The molecule has 0 radical (unpaired) electrons. The number of rotatable bonds is 2. The summed E-state index contributed by atoms with van der Waals surface area (Å²) < 4.78 is 0. The third-order valence-electron chi connectivity index (χ3n) is 1.87. The van der Waals surface area contributed by atoms with Crippen LogP contribution in [0.2, 0.25) is 0 Å². The molecule has 0 aliphatic carbocycles. The van der Waals surface area contributed by atoms with Crippen LogP contribution >= 0.6 is 0 Å². The van der Waals surface area contributed by atoms with Gasteiger partial charge in [-0.15, -0.1) is 0 Å². The van der Waals surface area contributed by atoms with Crippen LogP contribution in [0.25, 0.3) is 0 Å². The Labute approximate surface area is 88.2 Å². The molecule has 0 saturated heterocycles. The molecular weight excluding hydrogens is 188 g/mol. The fourth-order valence-electron chi connectivity index (χ4n) is 1.17. The zero-order valence-electron chi connectivity index (χ0n) is 7.76. The van der Waals surface area contributed by atoms with Gasteiger partial charge in [-0.1, -0.05) is 36.4 Å². The second-order valence-corrected chi connectivity index (χ2v) is 3.90. The molecule has 0 N–H and O–H groups in total. The average Bonchev–Trinajstić information content (AvgIpc) is 2.29. The summed E-state index contributed by atoms with van der Waals surface area (Å²) in [5.41, 5.74) is 1.25. The van der Waals surface area contributed by atoms with Crippen molar-refractivity contribution >= 4 is 16.7 Å². The van der Waals surface area contributed by atoms with E-state index >= 15 is 0 Å². The highest BCUT2D eigenvalue weighted by molar-refractivity contribution is 7.77. The van der Waals surface area contributed by atoms with E-state index in [4.69, 9.17) is 0 Å². The molecule has 0 nitrogen and oxygen atoms in total. The van der Waals surface area contributed by atoms with Gasteiger partial charge < -0.3 is 0 Å². The number of benzene rings is 2. The maximum Gasteiger partial charge on any atom is 0.230 e. The lowest BCUT2D eigenvalue weighted by Gasteiger charge is -1.83. The maximum absolute atomic E-state index is 2.16. The monoisotopic (exact) mass is 199 g/mol. The van der Waals surface area contributed by atoms with E-state index in [0.29, 0.717) is 0 Å². The largest absolute Gasteiger partial charge is 0.230 e. The highest BCUT2D eigenvalue weighted by Crippen LogP contribution is 1.99. The van der Waals surface area contributed by atoms with Crippen LogP contribution in [0.5, 0.6) is 0 Å². The molecule has 14 heavy (non-hydrogen) atoms. The van der Waals surface area contributed by atoms with Gasteiger partial charge in [-0.2, -0.15) is 0 Å². The Hall–Kier alpha value is -1.47. The van der Waals surface area contributed by atoms with Gasteiger partial charge in [-0.05, 0) is 12.1 Å². The van der Waals surface area contributed by atoms with Crippen molar-refractivity contribution in [3.63, 3.8) is 0 Å². The smallest absolute Gasteiger partial charge is 0.0622 e. The minimum Gasteiger partial charge on any atom is -0.0622 e. The van der Waals surface area contributed by atoms with Crippen molar-refractivity contribution in [1.29, 1.82) is 0 Å². The van der Waals surface area contributed by atoms with Crippen molar-refractivity contribution < 1.29 is 0 Å². The van der Waals surface area contributed by atoms with E-state index in [1.165, 1.54) is 10.5 Å². The summed E-state index contributed by atoms with van der Waals surface area (Å²) >= 11 is 1.75. The van der Waals surface area contributed by atoms with Gasteiger partial charge in [-0.3, -0.25) is 0 Å². The lowest BCUT2D eigenvalue weighted by atomic mass is 10.2. The second-order valence-electron chi connectivity index (χ2n) is 2.96. The topological polar surface area (TPSA) is 0 Å². The van der Waals surface area contributed by atoms with Crippen molar-refractivity contribution in [1.82, 2.24) is 0 Å². The Balaban J connectivity index is 2.16. The number of hydrogen-bond acceptors (Lipinski definition) is 0. The molecule has 0 fully saturated rings. The summed E-state index contributed by atoms with van der Waals surface area (Å²) in [6, 6.07) is 20.7. The van der Waals surface area contributed by atoms with E-state index in [1.807, 2.05) is 12.1 Å². The molecule has 0 saturated carbocycles. The van der Waals surface area contributed by atoms with Gasteiger partial charge in [0.15, 0.2) is 0 Å². The van der Waals surface area contributed by atoms with Crippen LogP contribution in [0.15, 0.2) is 65.6 Å². The van der Waals surface area contributed by atoms with Gasteiger partial charge in [-0.25, -0.2) is 0 Å². The van der Waals surface area contributed by atoms with Crippen LogP contribution in [0.4, 0.5) is 0 Å². The Morgan fingerprint density at radius 2 is 1.29 bits per heavy atom. The first-order valence-electron chi connectivity index (χ1n) is 4.55. The third-order valence-corrected chi connectivity index (χ3v) is 2.81. The van der Waals surface area contributed by atoms with E-state index in [1.54, 1.807) is 11.4 Å². The molecule has 2 rings (SSSR count). The van der Waals surface area contributed by atoms with Crippen LogP contribution in [0, 0.1) is 0 Å². The Morgan fingerprint density at radius 1 is 0.714 bits per heavy atom. The lowest BCUT2D eigenvalue weighted by molar-refractivity contribution is 1.48. The van der Waals surface area contributed by atoms with Gasteiger partial charge in [0.2, 0.25) is 21.6 Å². The Morgan fingerprint density at radius 3 is 1.93 bits per heavy atom. The molecule has 68 valence electrons. The summed E-state index contributed by atoms with van der Waals surface area (Å²) in [4.78, 5) is 1.27. The molecule has 0 spiro atoms. The molecule has 1 heteroatoms. The molecule has 0 aliphatic rings. The minimum absolute atomic E-state index is 1.25. The van der Waals surface area contributed by atoms with Crippen LogP contribution in [-0.2, 0) is 11.4 Å². The Bertz CT molecular complexity index is 362. The molecule has 0 aromatic heterocycles. The van der Waals surface area contributed by atoms with Crippen LogP contribution < -0.4 is 0 Å². The average molecular weight is 199 g/mol. The fourth-order valence-corrected chi connectivity index (χ4v) is 1.91. The van der Waals surface area contributed by atoms with Gasteiger partial charge >= 0.3 is 0 Å². The van der Waals surface area contributed by atoms with Gasteiger partial charge in [0.05, 0.1) is 0 Å². The predicted octanol–water partition coefficient (Wildman–Crippen LogP) is 2.98. The fraction of sp³-hybridized carbons (Fsp3) is 0. The minimum atomic E-state index is 1.25. The summed E-state index contributed by atoms with van der Waals surface area (Å²) in [6.07, 6.45) is 0. The number of hydrogen-bond donors (Lipinski definition) is 0. The third kappa shape index (κ3) is 2.51. The zero-order chi connectivity index (χ0) is 9.64. The summed E-state index contributed by atoms with van der Waals surface area (Å²) in [5.74, 6) is 0. The first kappa shape index (κ1) is 9.10. The van der Waals surface area contributed by atoms with E-state index in [9.17, 15) is 0 Å². The first-order valence-corrected chi connectivity index (χ1v) is 5.43. The van der Waals surface area contributed by atoms with Crippen molar-refractivity contribution in [2.45, 2.75) is 4.90 Å². The molecule has 2 aromatic rings. The molecular formula is C13H11S+. The quantitative estimate of drug-likeness (QED) is 0.515. The highest BCUT2D eigenvalue weighted by atomic mass is 32.1. The van der Waals surface area contributed by atoms with Crippen LogP contribution in [-0.4, -0.2) is 5.37 Å². The van der Waals surface area contributed by atoms with E-state index in [0.717, 1.165) is 0 Å². The molecule has 0 unspecified atom stereocenters. The molecule has 0 amide bonds. The Kier molecular flexibility index (Phi) is 3.04. The first-order chi connectivity index (χ1) is 6.95. The molecule has 0 bridgehead atoms. The van der Waals surface area contributed by atoms with Gasteiger partial charge in [0.25, 0.3) is 0 Å². The van der Waals surface area contributed by atoms with Crippen LogP contribution in [0.1, 0.15) is 5.56 Å². The second kappa shape index (κ2) is 4.68. The standard InChI is InChI=1S/C13H11S/c1-3-7-12(8-4-1)11-14-13-9-5-2-6-10-13/h1-11H/q+1. The maximum atomic E-state index is 2.16. The summed E-state index contributed by atoms with van der Waals surface area (Å²) in [6.45, 7) is 0. The van der Waals surface area contributed by atoms with E-state index in [-0.39, 0.29) is 0 Å². The van der Waals surface area contributed by atoms with Crippen molar-refractivity contribution in [3.05, 3.63) is 66.2 Å². The van der Waals surface area contributed by atoms with E-state index in [2.05, 4.69) is 53.9 Å². The normalized spacial score (nSPS) is 10.6. The molecule has 0 atom stereocenters. The molecule has 0 heterocycles. The predicted molar refractivity (Wildman–Crippen MR) is 63.7 cm³/mol. The highest BCUT2D eigenvalue weighted by Gasteiger charge is 1.99.